The second kappa shape index (κ2) is 7.46. The summed E-state index contributed by atoms with van der Waals surface area (Å²) < 4.78 is 5.58. The van der Waals surface area contributed by atoms with Gasteiger partial charge >= 0.3 is 0 Å². The second-order valence-corrected chi connectivity index (χ2v) is 5.94. The van der Waals surface area contributed by atoms with E-state index in [1.165, 1.54) is 11.8 Å². The van der Waals surface area contributed by atoms with E-state index in [1.807, 2.05) is 13.8 Å². The summed E-state index contributed by atoms with van der Waals surface area (Å²) in [6.45, 7) is 4.04. The fraction of sp³-hybridized carbons (Fsp3) is 0.500. The number of hydrogen-bond donors (Lipinski definition) is 3. The summed E-state index contributed by atoms with van der Waals surface area (Å²) >= 11 is 1.44. The van der Waals surface area contributed by atoms with E-state index in [2.05, 4.69) is 15.3 Å². The van der Waals surface area contributed by atoms with Crippen LogP contribution in [0.1, 0.15) is 24.2 Å². The molecular formula is C14H20N4O3S. The van der Waals surface area contributed by atoms with Gasteiger partial charge in [0.05, 0.1) is 12.0 Å². The van der Waals surface area contributed by atoms with Crippen LogP contribution in [-0.2, 0) is 4.79 Å². The molecule has 0 radical (unpaired) electrons. The summed E-state index contributed by atoms with van der Waals surface area (Å²) in [7, 11) is 0. The lowest BCUT2D eigenvalue weighted by molar-refractivity contribution is -0.121. The van der Waals surface area contributed by atoms with Crippen LogP contribution in [0.2, 0.25) is 0 Å². The van der Waals surface area contributed by atoms with Crippen molar-refractivity contribution in [1.82, 2.24) is 15.3 Å². The zero-order valence-corrected chi connectivity index (χ0v) is 13.5. The molecule has 2 aromatic rings. The van der Waals surface area contributed by atoms with Gasteiger partial charge in [0.25, 0.3) is 0 Å². The number of aliphatic hydroxyl groups is 1. The Balaban J connectivity index is 1.91. The molecule has 7 nitrogen and oxygen atoms in total. The molecule has 0 aromatic carbocycles. The molecular weight excluding hydrogens is 304 g/mol. The molecule has 0 unspecified atom stereocenters. The number of aliphatic hydroxyl groups excluding tert-OH is 1. The van der Waals surface area contributed by atoms with Gasteiger partial charge in [-0.1, -0.05) is 11.8 Å². The van der Waals surface area contributed by atoms with E-state index in [1.54, 1.807) is 0 Å². The summed E-state index contributed by atoms with van der Waals surface area (Å²) in [5, 5.41) is 12.5. The van der Waals surface area contributed by atoms with Crippen LogP contribution in [0.5, 0.6) is 0 Å². The highest BCUT2D eigenvalue weighted by Crippen LogP contribution is 2.29. The quantitative estimate of drug-likeness (QED) is 0.400. The Morgan fingerprint density at radius 2 is 2.18 bits per heavy atom. The molecule has 0 spiro atoms. The molecule has 2 heterocycles. The predicted molar refractivity (Wildman–Crippen MR) is 85.7 cm³/mol. The molecule has 0 aliphatic heterocycles. The summed E-state index contributed by atoms with van der Waals surface area (Å²) in [6.07, 6.45) is 1.10. The van der Waals surface area contributed by atoms with Crippen molar-refractivity contribution in [2.45, 2.75) is 31.8 Å². The molecule has 2 aromatic heterocycles. The van der Waals surface area contributed by atoms with Crippen molar-refractivity contribution in [1.29, 1.82) is 0 Å². The number of aromatic nitrogens is 2. The molecule has 22 heavy (non-hydrogen) atoms. The lowest BCUT2D eigenvalue weighted by Gasteiger charge is -2.03. The monoisotopic (exact) mass is 324 g/mol. The lowest BCUT2D eigenvalue weighted by Crippen LogP contribution is -2.26. The van der Waals surface area contributed by atoms with Crippen LogP contribution in [-0.4, -0.2) is 39.9 Å². The fourth-order valence-electron chi connectivity index (χ4n) is 2.00. The third-order valence-electron chi connectivity index (χ3n) is 3.25. The van der Waals surface area contributed by atoms with E-state index >= 15 is 0 Å². The molecule has 8 heteroatoms. The molecule has 0 fully saturated rings. The van der Waals surface area contributed by atoms with Crippen molar-refractivity contribution < 1.29 is 14.3 Å². The fourth-order valence-corrected chi connectivity index (χ4v) is 2.79. The number of anilines is 1. The van der Waals surface area contributed by atoms with Gasteiger partial charge in [-0.25, -0.2) is 4.98 Å². The Morgan fingerprint density at radius 3 is 2.91 bits per heavy atom. The van der Waals surface area contributed by atoms with E-state index < -0.39 is 0 Å². The third-order valence-corrected chi connectivity index (χ3v) is 4.18. The average molecular weight is 324 g/mol. The predicted octanol–water partition coefficient (Wildman–Crippen LogP) is 1.40. The van der Waals surface area contributed by atoms with E-state index in [0.717, 1.165) is 16.7 Å². The van der Waals surface area contributed by atoms with Crippen LogP contribution in [0.3, 0.4) is 0 Å². The van der Waals surface area contributed by atoms with Crippen molar-refractivity contribution in [3.8, 4) is 0 Å². The van der Waals surface area contributed by atoms with Gasteiger partial charge in [0.1, 0.15) is 11.6 Å². The van der Waals surface area contributed by atoms with Crippen molar-refractivity contribution in [2.75, 3.05) is 24.6 Å². The number of rotatable bonds is 7. The Kier molecular flexibility index (Phi) is 5.62. The SMILES string of the molecule is Cc1oc2nc(SCCCC(=O)NCCO)nc(N)c2c1C. The topological polar surface area (TPSA) is 114 Å². The van der Waals surface area contributed by atoms with E-state index in [-0.39, 0.29) is 12.5 Å². The van der Waals surface area contributed by atoms with Gasteiger partial charge in [-0.05, 0) is 20.3 Å². The van der Waals surface area contributed by atoms with Gasteiger partial charge in [0, 0.05) is 24.3 Å². The van der Waals surface area contributed by atoms with Gasteiger partial charge in [-0.3, -0.25) is 4.79 Å². The van der Waals surface area contributed by atoms with E-state index in [0.29, 0.717) is 41.8 Å². The molecule has 0 bridgehead atoms. The molecule has 1 amide bonds. The van der Waals surface area contributed by atoms with Crippen LogP contribution in [0.15, 0.2) is 9.57 Å². The summed E-state index contributed by atoms with van der Waals surface area (Å²) in [5.74, 6) is 1.85. The number of nitrogens with one attached hydrogen (secondary N) is 1. The maximum absolute atomic E-state index is 11.4. The van der Waals surface area contributed by atoms with Gasteiger partial charge < -0.3 is 20.6 Å². The van der Waals surface area contributed by atoms with Gasteiger partial charge in [-0.15, -0.1) is 0 Å². The molecule has 2 rings (SSSR count). The highest BCUT2D eigenvalue weighted by Gasteiger charge is 2.14. The van der Waals surface area contributed by atoms with Crippen LogP contribution >= 0.6 is 11.8 Å². The standard InChI is InChI=1S/C14H20N4O3S/c1-8-9(2)21-13-11(8)12(15)17-14(18-13)22-7-3-4-10(20)16-5-6-19/h19H,3-7H2,1-2H3,(H,16,20)(H2,15,17,18). The number of aryl methyl sites for hydroxylation is 2. The number of hydrogen-bond acceptors (Lipinski definition) is 7. The Morgan fingerprint density at radius 1 is 1.41 bits per heavy atom. The number of nitrogen functional groups attached to an aromatic ring is 1. The van der Waals surface area contributed by atoms with Crippen LogP contribution in [0, 0.1) is 13.8 Å². The molecule has 0 aliphatic carbocycles. The first-order chi connectivity index (χ1) is 10.5. The van der Waals surface area contributed by atoms with Crippen molar-refractivity contribution in [3.05, 3.63) is 11.3 Å². The zero-order valence-electron chi connectivity index (χ0n) is 12.7. The first kappa shape index (κ1) is 16.6. The third kappa shape index (κ3) is 3.89. The van der Waals surface area contributed by atoms with Gasteiger partial charge in [0.2, 0.25) is 11.6 Å². The first-order valence-electron chi connectivity index (χ1n) is 7.06. The summed E-state index contributed by atoms with van der Waals surface area (Å²) in [4.78, 5) is 20.0. The normalized spacial score (nSPS) is 11.0. The molecule has 0 atom stereocenters. The minimum atomic E-state index is -0.0668. The van der Waals surface area contributed by atoms with Crippen LogP contribution in [0.25, 0.3) is 11.1 Å². The number of furan rings is 1. The zero-order chi connectivity index (χ0) is 16.1. The Bertz CT molecular complexity index is 672. The molecule has 0 saturated carbocycles. The number of nitrogens with two attached hydrogens (primary N) is 1. The van der Waals surface area contributed by atoms with E-state index in [9.17, 15) is 4.79 Å². The Hall–Kier alpha value is -1.80. The highest BCUT2D eigenvalue weighted by atomic mass is 32.2. The number of fused-ring (bicyclic) bond motifs is 1. The van der Waals surface area contributed by atoms with Crippen molar-refractivity contribution in [2.24, 2.45) is 0 Å². The maximum atomic E-state index is 11.4. The smallest absolute Gasteiger partial charge is 0.232 e. The van der Waals surface area contributed by atoms with Crippen molar-refractivity contribution in [3.63, 3.8) is 0 Å². The molecule has 0 saturated heterocycles. The lowest BCUT2D eigenvalue weighted by atomic mass is 10.2. The number of carbonyl (C=O) groups is 1. The largest absolute Gasteiger partial charge is 0.443 e. The molecule has 120 valence electrons. The van der Waals surface area contributed by atoms with Gasteiger partial charge in [0.15, 0.2) is 5.16 Å². The van der Waals surface area contributed by atoms with Crippen LogP contribution < -0.4 is 11.1 Å². The molecule has 4 N–H and O–H groups in total. The average Bonchev–Trinajstić information content (AvgIpc) is 2.76. The number of nitrogens with zero attached hydrogens (tertiary/aromatic N) is 2. The second-order valence-electron chi connectivity index (χ2n) is 4.88. The minimum absolute atomic E-state index is 0.0460. The maximum Gasteiger partial charge on any atom is 0.232 e. The van der Waals surface area contributed by atoms with E-state index in [4.69, 9.17) is 15.3 Å². The van der Waals surface area contributed by atoms with Crippen molar-refractivity contribution >= 4 is 34.6 Å². The number of thioether (sulfide) groups is 1. The van der Waals surface area contributed by atoms with Crippen LogP contribution in [0.4, 0.5) is 5.82 Å². The molecule has 0 aliphatic rings. The number of carbonyl (C=O) groups excluding carboxylic acids is 1. The highest BCUT2D eigenvalue weighted by molar-refractivity contribution is 7.99. The summed E-state index contributed by atoms with van der Waals surface area (Å²) in [5.41, 5.74) is 7.43. The summed E-state index contributed by atoms with van der Waals surface area (Å²) in [6, 6.07) is 0. The van der Waals surface area contributed by atoms with Gasteiger partial charge in [-0.2, -0.15) is 4.98 Å². The minimum Gasteiger partial charge on any atom is -0.443 e. The Labute approximate surface area is 132 Å². The number of amides is 1. The first-order valence-corrected chi connectivity index (χ1v) is 8.05.